The fourth-order valence-corrected chi connectivity index (χ4v) is 2.30. The topological polar surface area (TPSA) is 57.6 Å². The second kappa shape index (κ2) is 5.79. The first kappa shape index (κ1) is 11.2. The van der Waals surface area contributed by atoms with Gasteiger partial charge in [0.25, 0.3) is 0 Å². The normalized spacial score (nSPS) is 9.29. The van der Waals surface area contributed by atoms with E-state index in [4.69, 9.17) is 10.1 Å². The molecule has 0 atom stereocenters. The Morgan fingerprint density at radius 1 is 1.57 bits per heavy atom. The Kier molecular flexibility index (Phi) is 4.64. The van der Waals surface area contributed by atoms with Crippen LogP contribution in [0.15, 0.2) is 18.3 Å². The molecule has 1 aromatic rings. The molecule has 74 valence electrons. The Morgan fingerprint density at radius 2 is 2.36 bits per heavy atom. The molecule has 0 spiro atoms. The van der Waals surface area contributed by atoms with E-state index in [-0.39, 0.29) is 5.97 Å². The summed E-state index contributed by atoms with van der Waals surface area (Å²) in [6, 6.07) is 3.46. The molecule has 0 fully saturated rings. The van der Waals surface area contributed by atoms with Crippen LogP contribution in [0.2, 0.25) is 0 Å². The van der Waals surface area contributed by atoms with Gasteiger partial charge in [0.2, 0.25) is 0 Å². The van der Waals surface area contributed by atoms with Crippen molar-refractivity contribution in [2.24, 2.45) is 0 Å². The number of carbonyl (C=O) groups excluding carboxylic acids is 1. The monoisotopic (exact) mass is 391 g/mol. The molecule has 1 aromatic heterocycles. The zero-order valence-corrected chi connectivity index (χ0v) is 11.7. The van der Waals surface area contributed by atoms with Crippen molar-refractivity contribution in [3.8, 4) is 11.6 Å². The fraction of sp³-hybridized carbons (Fsp3) is 0.250. The van der Waals surface area contributed by atoms with E-state index in [1.165, 1.54) is 14.0 Å². The van der Waals surface area contributed by atoms with Crippen LogP contribution in [0.25, 0.3) is 0 Å². The Labute approximate surface area is 94.9 Å². The van der Waals surface area contributed by atoms with Crippen LogP contribution in [-0.2, 0) is 7.48 Å². The number of aromatic nitrogens is 1. The Morgan fingerprint density at radius 3 is 3.00 bits per heavy atom. The van der Waals surface area contributed by atoms with Gasteiger partial charge < -0.3 is 0 Å². The van der Waals surface area contributed by atoms with E-state index in [0.29, 0.717) is 11.6 Å². The fourth-order valence-electron chi connectivity index (χ4n) is 0.731. The maximum absolute atomic E-state index is 10.5. The molecule has 0 aromatic carbocycles. The Balaban J connectivity index is 2.53. The summed E-state index contributed by atoms with van der Waals surface area (Å²) in [7, 11) is 1.51. The summed E-state index contributed by atoms with van der Waals surface area (Å²) >= 11 is -1.81. The Bertz CT molecular complexity index is 318. The van der Waals surface area contributed by atoms with E-state index in [2.05, 4.69) is 4.98 Å². The molecule has 14 heavy (non-hydrogen) atoms. The predicted octanol–water partition coefficient (Wildman–Crippen LogP) is 0.566. The van der Waals surface area contributed by atoms with Crippen LogP contribution in [0.4, 0.5) is 0 Å². The summed E-state index contributed by atoms with van der Waals surface area (Å²) in [6.07, 6.45) is 1.60. The van der Waals surface area contributed by atoms with Gasteiger partial charge in [0.1, 0.15) is 0 Å². The molecule has 0 saturated heterocycles. The summed E-state index contributed by atoms with van der Waals surface area (Å²) in [4.78, 5) is 14.4. The summed E-state index contributed by atoms with van der Waals surface area (Å²) in [5.41, 5.74) is 0. The zero-order chi connectivity index (χ0) is 10.4. The summed E-state index contributed by atoms with van der Waals surface area (Å²) in [6.45, 7) is 1.36. The predicted molar refractivity (Wildman–Crippen MR) is 48.9 cm³/mol. The summed E-state index contributed by atoms with van der Waals surface area (Å²) in [5.74, 6) is 0.628. The van der Waals surface area contributed by atoms with Crippen LogP contribution in [0.3, 0.4) is 0 Å². The average molecular weight is 390 g/mol. The molecular weight excluding hydrogens is 381 g/mol. The minimum absolute atomic E-state index is 0.309. The molecule has 0 N–H and O–H groups in total. The van der Waals surface area contributed by atoms with Crippen molar-refractivity contribution in [3.05, 3.63) is 18.3 Å². The zero-order valence-electron chi connectivity index (χ0n) is 7.81. The molecule has 0 aliphatic heterocycles. The van der Waals surface area contributed by atoms with Crippen molar-refractivity contribution in [2.75, 3.05) is 7.11 Å². The summed E-state index contributed by atoms with van der Waals surface area (Å²) in [5, 5.41) is 0. The van der Waals surface area contributed by atoms with E-state index >= 15 is 0 Å². The number of methoxy groups -OCH3 is 1. The van der Waals surface area contributed by atoms with Crippen molar-refractivity contribution in [3.63, 3.8) is 0 Å². The second-order valence-corrected chi connectivity index (χ2v) is 4.52. The molecule has 0 aliphatic carbocycles. The van der Waals surface area contributed by atoms with E-state index < -0.39 is 25.1 Å². The van der Waals surface area contributed by atoms with Gasteiger partial charge in [-0.25, -0.2) is 0 Å². The number of pyridine rings is 1. The maximum atomic E-state index is 10.5. The quantitative estimate of drug-likeness (QED) is 0.704. The van der Waals surface area contributed by atoms with Crippen LogP contribution < -0.4 is 7.42 Å². The first-order valence-electron chi connectivity index (χ1n) is 3.82. The van der Waals surface area contributed by atoms with E-state index in [1.807, 2.05) is 0 Å². The van der Waals surface area contributed by atoms with Gasteiger partial charge in [-0.05, 0) is 0 Å². The van der Waals surface area contributed by atoms with Crippen molar-refractivity contribution >= 4 is 31.1 Å². The van der Waals surface area contributed by atoms with Gasteiger partial charge in [-0.15, -0.1) is 0 Å². The van der Waals surface area contributed by atoms with Gasteiger partial charge >= 0.3 is 95.0 Å². The van der Waals surface area contributed by atoms with E-state index in [9.17, 15) is 4.79 Å². The van der Waals surface area contributed by atoms with Crippen LogP contribution >= 0.6 is 0 Å². The second-order valence-electron chi connectivity index (χ2n) is 2.29. The number of carbonyl (C=O) groups is 1. The van der Waals surface area contributed by atoms with Crippen molar-refractivity contribution in [2.45, 2.75) is 6.92 Å². The van der Waals surface area contributed by atoms with Crippen LogP contribution in [0.1, 0.15) is 6.92 Å². The molecule has 5 nitrogen and oxygen atoms in total. The standard InChI is InChI=1S/C6H7NO2.C2H4O2.Pb/c1-9-6-5(8)3-2-4-7-6;1-2(3)4;/h2-4,8H,1H3;1H3,(H,3,4);/q;;+2/p-2. The molecular formula is C8H9NO4Pb. The number of hydrogen-bond acceptors (Lipinski definition) is 5. The van der Waals surface area contributed by atoms with Crippen molar-refractivity contribution in [1.82, 2.24) is 4.98 Å². The number of ether oxygens (including phenoxy) is 1. The molecule has 0 amide bonds. The van der Waals surface area contributed by atoms with Gasteiger partial charge in [0.15, 0.2) is 0 Å². The van der Waals surface area contributed by atoms with Crippen molar-refractivity contribution in [1.29, 1.82) is 0 Å². The third-order valence-corrected chi connectivity index (χ3v) is 3.89. The first-order chi connectivity index (χ1) is 6.74. The number of rotatable bonds is 4. The van der Waals surface area contributed by atoms with Gasteiger partial charge in [-0.2, -0.15) is 0 Å². The van der Waals surface area contributed by atoms with Gasteiger partial charge in [-0.1, -0.05) is 0 Å². The van der Waals surface area contributed by atoms with Crippen LogP contribution in [0, 0.1) is 0 Å². The molecule has 0 saturated carbocycles. The molecule has 1 rings (SSSR count). The van der Waals surface area contributed by atoms with Gasteiger partial charge in [0, 0.05) is 0 Å². The van der Waals surface area contributed by atoms with Gasteiger partial charge in [-0.3, -0.25) is 0 Å². The molecule has 0 aliphatic rings. The average Bonchev–Trinajstić information content (AvgIpc) is 2.18. The van der Waals surface area contributed by atoms with E-state index in [1.54, 1.807) is 18.3 Å². The van der Waals surface area contributed by atoms with Crippen LogP contribution in [0.5, 0.6) is 11.6 Å². The molecule has 0 bridgehead atoms. The minimum atomic E-state index is -1.81. The summed E-state index contributed by atoms with van der Waals surface area (Å²) < 4.78 is 15.1. The van der Waals surface area contributed by atoms with Crippen LogP contribution in [-0.4, -0.2) is 43.2 Å². The third-order valence-electron chi connectivity index (χ3n) is 1.27. The number of hydrogen-bond donors (Lipinski definition) is 0. The molecule has 0 unspecified atom stereocenters. The molecule has 2 radical (unpaired) electrons. The molecule has 6 heteroatoms. The van der Waals surface area contributed by atoms with E-state index in [0.717, 1.165) is 0 Å². The SMILES string of the molecule is COc1ncccc1[O][Pb][O]C(C)=O. The first-order valence-corrected chi connectivity index (χ1v) is 6.99. The number of nitrogens with zero attached hydrogens (tertiary/aromatic N) is 1. The third kappa shape index (κ3) is 3.48. The molecule has 1 heterocycles. The Hall–Kier alpha value is -0.858. The van der Waals surface area contributed by atoms with Gasteiger partial charge in [0.05, 0.1) is 0 Å². The van der Waals surface area contributed by atoms with Crippen molar-refractivity contribution < 1.29 is 14.9 Å².